The van der Waals surface area contributed by atoms with Crippen LogP contribution in [-0.2, 0) is 11.3 Å². The molecule has 4 heterocycles. The van der Waals surface area contributed by atoms with E-state index in [2.05, 4.69) is 43.1 Å². The van der Waals surface area contributed by atoms with Crippen molar-refractivity contribution in [2.45, 2.75) is 25.4 Å². The van der Waals surface area contributed by atoms with Gasteiger partial charge in [0, 0.05) is 37.2 Å². The molecule has 1 aliphatic heterocycles. The van der Waals surface area contributed by atoms with E-state index in [0.717, 1.165) is 41.9 Å². The molecule has 1 aliphatic rings. The minimum absolute atomic E-state index is 0.0501. The van der Waals surface area contributed by atoms with Gasteiger partial charge >= 0.3 is 0 Å². The first kappa shape index (κ1) is 16.7. The number of amides is 1. The first-order chi connectivity index (χ1) is 12.8. The van der Waals surface area contributed by atoms with Crippen LogP contribution in [0.1, 0.15) is 18.4 Å². The summed E-state index contributed by atoms with van der Waals surface area (Å²) in [4.78, 5) is 23.5. The quantitative estimate of drug-likeness (QED) is 0.753. The summed E-state index contributed by atoms with van der Waals surface area (Å²) in [5.74, 6) is 0.917. The van der Waals surface area contributed by atoms with Gasteiger partial charge in [-0.2, -0.15) is 11.3 Å². The largest absolute Gasteiger partial charge is 0.350 e. The lowest BCUT2D eigenvalue weighted by Gasteiger charge is -2.24. The van der Waals surface area contributed by atoms with E-state index in [1.165, 1.54) is 0 Å². The van der Waals surface area contributed by atoms with Crippen LogP contribution in [0.3, 0.4) is 0 Å². The number of carbonyl (C=O) groups is 1. The van der Waals surface area contributed by atoms with Crippen molar-refractivity contribution in [1.29, 1.82) is 0 Å². The number of aromatic nitrogens is 2. The second-order valence-electron chi connectivity index (χ2n) is 6.35. The standard InChI is InChI=1S/C20H20N4OS/c25-20(18-4-3-8-24(18)19-5-1-2-7-22-19)23-12-15-10-17(13-21-11-15)16-6-9-26-14-16/h1-2,5-7,9-11,13-14,18H,3-4,8,12H2,(H,23,25). The third kappa shape index (κ3) is 3.60. The highest BCUT2D eigenvalue weighted by molar-refractivity contribution is 7.08. The maximum atomic E-state index is 12.7. The van der Waals surface area contributed by atoms with Crippen LogP contribution in [0.4, 0.5) is 5.82 Å². The number of carbonyl (C=O) groups excluding carboxylic acids is 1. The van der Waals surface area contributed by atoms with Gasteiger partial charge in [0.1, 0.15) is 11.9 Å². The van der Waals surface area contributed by atoms with Gasteiger partial charge in [-0.15, -0.1) is 0 Å². The van der Waals surface area contributed by atoms with Crippen LogP contribution in [-0.4, -0.2) is 28.5 Å². The average Bonchev–Trinajstić information content (AvgIpc) is 3.39. The Labute approximate surface area is 156 Å². The molecule has 1 N–H and O–H groups in total. The first-order valence-corrected chi connectivity index (χ1v) is 9.67. The molecule has 132 valence electrons. The molecule has 1 fully saturated rings. The van der Waals surface area contributed by atoms with Crippen molar-refractivity contribution in [1.82, 2.24) is 15.3 Å². The summed E-state index contributed by atoms with van der Waals surface area (Å²) < 4.78 is 0. The SMILES string of the molecule is O=C(NCc1cncc(-c2ccsc2)c1)C1CCCN1c1ccccn1. The van der Waals surface area contributed by atoms with Crippen molar-refractivity contribution in [2.24, 2.45) is 0 Å². The van der Waals surface area contributed by atoms with Gasteiger partial charge in [0.05, 0.1) is 0 Å². The summed E-state index contributed by atoms with van der Waals surface area (Å²) in [6.45, 7) is 1.35. The van der Waals surface area contributed by atoms with Gasteiger partial charge in [0.25, 0.3) is 0 Å². The van der Waals surface area contributed by atoms with Crippen LogP contribution in [0.15, 0.2) is 59.7 Å². The molecule has 3 aromatic heterocycles. The number of nitrogens with one attached hydrogen (secondary N) is 1. The molecular formula is C20H20N4OS. The summed E-state index contributed by atoms with van der Waals surface area (Å²) in [5.41, 5.74) is 3.24. The number of anilines is 1. The van der Waals surface area contributed by atoms with Crippen LogP contribution in [0.5, 0.6) is 0 Å². The third-order valence-electron chi connectivity index (χ3n) is 4.62. The maximum Gasteiger partial charge on any atom is 0.243 e. The normalized spacial score (nSPS) is 16.6. The van der Waals surface area contributed by atoms with Gasteiger partial charge in [-0.3, -0.25) is 9.78 Å². The Morgan fingerprint density at radius 2 is 2.23 bits per heavy atom. The van der Waals surface area contributed by atoms with Crippen molar-refractivity contribution in [3.05, 3.63) is 65.2 Å². The van der Waals surface area contributed by atoms with Crippen molar-refractivity contribution >= 4 is 23.1 Å². The summed E-state index contributed by atoms with van der Waals surface area (Å²) in [6.07, 6.45) is 7.29. The molecule has 0 radical (unpaired) electrons. The Bertz CT molecular complexity index is 867. The number of thiophene rings is 1. The lowest BCUT2D eigenvalue weighted by molar-refractivity contribution is -0.122. The van der Waals surface area contributed by atoms with Gasteiger partial charge < -0.3 is 10.2 Å². The second-order valence-corrected chi connectivity index (χ2v) is 7.13. The van der Waals surface area contributed by atoms with E-state index < -0.39 is 0 Å². The van der Waals surface area contributed by atoms with E-state index in [1.807, 2.05) is 24.4 Å². The third-order valence-corrected chi connectivity index (χ3v) is 5.30. The van der Waals surface area contributed by atoms with Crippen LogP contribution >= 0.6 is 11.3 Å². The van der Waals surface area contributed by atoms with E-state index in [-0.39, 0.29) is 11.9 Å². The van der Waals surface area contributed by atoms with Crippen LogP contribution in [0, 0.1) is 0 Å². The van der Waals surface area contributed by atoms with E-state index in [0.29, 0.717) is 6.54 Å². The van der Waals surface area contributed by atoms with Crippen LogP contribution in [0.25, 0.3) is 11.1 Å². The predicted octanol–water partition coefficient (Wildman–Crippen LogP) is 3.49. The van der Waals surface area contributed by atoms with Crippen LogP contribution in [0.2, 0.25) is 0 Å². The minimum atomic E-state index is -0.155. The molecule has 6 heteroatoms. The number of rotatable bonds is 5. The highest BCUT2D eigenvalue weighted by Gasteiger charge is 2.31. The molecule has 3 aromatic rings. The average molecular weight is 364 g/mol. The fourth-order valence-electron chi connectivity index (χ4n) is 3.31. The Kier molecular flexibility index (Phi) is 4.93. The second kappa shape index (κ2) is 7.66. The van der Waals surface area contributed by atoms with Crippen molar-refractivity contribution < 1.29 is 4.79 Å². The van der Waals surface area contributed by atoms with Crippen molar-refractivity contribution in [3.8, 4) is 11.1 Å². The Hall–Kier alpha value is -2.73. The zero-order valence-corrected chi connectivity index (χ0v) is 15.2. The van der Waals surface area contributed by atoms with Gasteiger partial charge in [-0.1, -0.05) is 6.07 Å². The summed E-state index contributed by atoms with van der Waals surface area (Å²) in [5, 5.41) is 7.22. The molecule has 5 nitrogen and oxygen atoms in total. The summed E-state index contributed by atoms with van der Waals surface area (Å²) in [7, 11) is 0. The van der Waals surface area contributed by atoms with E-state index in [1.54, 1.807) is 23.7 Å². The Morgan fingerprint density at radius 1 is 1.27 bits per heavy atom. The zero-order valence-electron chi connectivity index (χ0n) is 14.3. The number of pyridine rings is 2. The molecule has 4 rings (SSSR count). The minimum Gasteiger partial charge on any atom is -0.350 e. The lowest BCUT2D eigenvalue weighted by atomic mass is 10.1. The summed E-state index contributed by atoms with van der Waals surface area (Å²) in [6, 6.07) is 9.81. The molecule has 0 bridgehead atoms. The molecule has 0 aliphatic carbocycles. The summed E-state index contributed by atoms with van der Waals surface area (Å²) >= 11 is 1.66. The molecule has 0 spiro atoms. The maximum absolute atomic E-state index is 12.7. The monoisotopic (exact) mass is 364 g/mol. The molecule has 1 saturated heterocycles. The van der Waals surface area contributed by atoms with Crippen LogP contribution < -0.4 is 10.2 Å². The van der Waals surface area contributed by atoms with Crippen molar-refractivity contribution in [3.63, 3.8) is 0 Å². The number of hydrogen-bond acceptors (Lipinski definition) is 5. The zero-order chi connectivity index (χ0) is 17.8. The van der Waals surface area contributed by atoms with Gasteiger partial charge in [0.15, 0.2) is 0 Å². The topological polar surface area (TPSA) is 58.1 Å². The molecule has 1 unspecified atom stereocenters. The fraction of sp³-hybridized carbons (Fsp3) is 0.250. The highest BCUT2D eigenvalue weighted by Crippen LogP contribution is 2.24. The molecule has 0 saturated carbocycles. The predicted molar refractivity (Wildman–Crippen MR) is 104 cm³/mol. The lowest BCUT2D eigenvalue weighted by Crippen LogP contribution is -2.43. The molecule has 1 atom stereocenters. The highest BCUT2D eigenvalue weighted by atomic mass is 32.1. The van der Waals surface area contributed by atoms with E-state index >= 15 is 0 Å². The van der Waals surface area contributed by atoms with Gasteiger partial charge in [-0.25, -0.2) is 4.98 Å². The Balaban J connectivity index is 1.42. The smallest absolute Gasteiger partial charge is 0.243 e. The number of hydrogen-bond donors (Lipinski definition) is 1. The van der Waals surface area contributed by atoms with Gasteiger partial charge in [-0.05, 0) is 59.0 Å². The molecule has 1 amide bonds. The van der Waals surface area contributed by atoms with Gasteiger partial charge in [0.2, 0.25) is 5.91 Å². The van der Waals surface area contributed by atoms with Crippen molar-refractivity contribution in [2.75, 3.05) is 11.4 Å². The number of nitrogens with zero attached hydrogens (tertiary/aromatic N) is 3. The molecular weight excluding hydrogens is 344 g/mol. The first-order valence-electron chi connectivity index (χ1n) is 8.73. The van der Waals surface area contributed by atoms with E-state index in [4.69, 9.17) is 0 Å². The Morgan fingerprint density at radius 3 is 3.04 bits per heavy atom. The fourth-order valence-corrected chi connectivity index (χ4v) is 3.98. The molecule has 0 aromatic carbocycles. The molecule has 26 heavy (non-hydrogen) atoms. The van der Waals surface area contributed by atoms with E-state index in [9.17, 15) is 4.79 Å².